The Morgan fingerprint density at radius 3 is 2.71 bits per heavy atom. The SMILES string of the molecule is COCCN(C)C(=O)c1nc2c(n1C)CCN(c1ccc(C(F)(F)F)cn1)C2. The second-order valence-corrected chi connectivity index (χ2v) is 6.68. The van der Waals surface area contributed by atoms with E-state index in [0.29, 0.717) is 44.3 Å². The number of pyridine rings is 1. The molecule has 0 aromatic carbocycles. The molecule has 152 valence electrons. The maximum atomic E-state index is 12.7. The van der Waals surface area contributed by atoms with E-state index in [4.69, 9.17) is 4.74 Å². The zero-order valence-corrected chi connectivity index (χ0v) is 16.0. The van der Waals surface area contributed by atoms with Gasteiger partial charge in [0.2, 0.25) is 0 Å². The second-order valence-electron chi connectivity index (χ2n) is 6.68. The fraction of sp³-hybridized carbons (Fsp3) is 0.500. The van der Waals surface area contributed by atoms with Crippen molar-refractivity contribution in [3.8, 4) is 0 Å². The van der Waals surface area contributed by atoms with Crippen LogP contribution in [-0.2, 0) is 30.9 Å². The highest BCUT2D eigenvalue weighted by Gasteiger charge is 2.31. The molecule has 7 nitrogen and oxygen atoms in total. The number of carbonyl (C=O) groups excluding carboxylic acids is 1. The molecule has 0 radical (unpaired) electrons. The lowest BCUT2D eigenvalue weighted by molar-refractivity contribution is -0.137. The van der Waals surface area contributed by atoms with Gasteiger partial charge in [0.05, 0.1) is 24.4 Å². The summed E-state index contributed by atoms with van der Waals surface area (Å²) in [5.41, 5.74) is 0.907. The standard InChI is InChI=1S/C18H22F3N5O2/c1-24(8-9-28-3)17(27)16-23-13-11-26(7-6-14(13)25(16)2)15-5-4-12(10-22-15)18(19,20)21/h4-5,10H,6-9,11H2,1-3H3. The number of anilines is 1. The molecule has 0 fully saturated rings. The minimum atomic E-state index is -4.41. The number of alkyl halides is 3. The Morgan fingerprint density at radius 2 is 2.11 bits per heavy atom. The van der Waals surface area contributed by atoms with E-state index in [1.54, 1.807) is 30.7 Å². The molecule has 0 saturated carbocycles. The van der Waals surface area contributed by atoms with E-state index in [1.165, 1.54) is 6.07 Å². The Kier molecular flexibility index (Phi) is 5.59. The van der Waals surface area contributed by atoms with Crippen LogP contribution in [0.4, 0.5) is 19.0 Å². The molecule has 2 aromatic heterocycles. The van der Waals surface area contributed by atoms with Crippen LogP contribution in [0, 0.1) is 0 Å². The van der Waals surface area contributed by atoms with Crippen molar-refractivity contribution in [1.29, 1.82) is 0 Å². The number of hydrogen-bond donors (Lipinski definition) is 0. The van der Waals surface area contributed by atoms with Crippen LogP contribution in [0.1, 0.15) is 27.6 Å². The van der Waals surface area contributed by atoms with Crippen LogP contribution in [0.15, 0.2) is 18.3 Å². The summed E-state index contributed by atoms with van der Waals surface area (Å²) in [6.45, 7) is 1.85. The van der Waals surface area contributed by atoms with Gasteiger partial charge in [0.25, 0.3) is 5.91 Å². The number of carbonyl (C=O) groups is 1. The monoisotopic (exact) mass is 397 g/mol. The molecule has 10 heteroatoms. The van der Waals surface area contributed by atoms with Gasteiger partial charge in [-0.15, -0.1) is 0 Å². The summed E-state index contributed by atoms with van der Waals surface area (Å²) in [5.74, 6) is 0.591. The number of halogens is 3. The Bertz CT molecular complexity index is 848. The van der Waals surface area contributed by atoms with Gasteiger partial charge in [-0.3, -0.25) is 4.79 Å². The van der Waals surface area contributed by atoms with Gasteiger partial charge in [-0.05, 0) is 12.1 Å². The van der Waals surface area contributed by atoms with Crippen LogP contribution in [0.2, 0.25) is 0 Å². The van der Waals surface area contributed by atoms with Crippen LogP contribution in [0.3, 0.4) is 0 Å². The molecule has 3 heterocycles. The Morgan fingerprint density at radius 1 is 1.36 bits per heavy atom. The predicted molar refractivity (Wildman–Crippen MR) is 96.0 cm³/mol. The van der Waals surface area contributed by atoms with Crippen LogP contribution >= 0.6 is 0 Å². The maximum Gasteiger partial charge on any atom is 0.417 e. The zero-order chi connectivity index (χ0) is 20.5. The first-order valence-electron chi connectivity index (χ1n) is 8.79. The molecule has 0 bridgehead atoms. The van der Waals surface area contributed by atoms with Gasteiger partial charge in [0.1, 0.15) is 5.82 Å². The minimum absolute atomic E-state index is 0.201. The van der Waals surface area contributed by atoms with Crippen molar-refractivity contribution in [1.82, 2.24) is 19.4 Å². The second kappa shape index (κ2) is 7.78. The van der Waals surface area contributed by atoms with Crippen LogP contribution in [0.25, 0.3) is 0 Å². The molecule has 2 aromatic rings. The fourth-order valence-electron chi connectivity index (χ4n) is 3.16. The molecule has 0 N–H and O–H groups in total. The molecule has 0 atom stereocenters. The van der Waals surface area contributed by atoms with E-state index in [0.717, 1.165) is 23.7 Å². The molecule has 1 aliphatic heterocycles. The van der Waals surface area contributed by atoms with E-state index in [1.807, 2.05) is 4.90 Å². The highest BCUT2D eigenvalue weighted by molar-refractivity contribution is 5.91. The third kappa shape index (κ3) is 3.96. The van der Waals surface area contributed by atoms with Crippen LogP contribution in [-0.4, -0.2) is 59.2 Å². The van der Waals surface area contributed by atoms with E-state index in [9.17, 15) is 18.0 Å². The summed E-state index contributed by atoms with van der Waals surface area (Å²) < 4.78 is 44.9. The predicted octanol–water partition coefficient (Wildman–Crippen LogP) is 2.12. The first kappa shape index (κ1) is 20.1. The molecule has 28 heavy (non-hydrogen) atoms. The molecular weight excluding hydrogens is 375 g/mol. The van der Waals surface area contributed by atoms with Crippen molar-refractivity contribution in [2.45, 2.75) is 19.1 Å². The van der Waals surface area contributed by atoms with Crippen LogP contribution in [0.5, 0.6) is 0 Å². The van der Waals surface area contributed by atoms with Gasteiger partial charge in [-0.2, -0.15) is 13.2 Å². The lowest BCUT2D eigenvalue weighted by Crippen LogP contribution is -2.32. The van der Waals surface area contributed by atoms with E-state index >= 15 is 0 Å². The first-order valence-corrected chi connectivity index (χ1v) is 8.79. The summed E-state index contributed by atoms with van der Waals surface area (Å²) in [7, 11) is 5.06. The highest BCUT2D eigenvalue weighted by Crippen LogP contribution is 2.30. The van der Waals surface area contributed by atoms with E-state index in [2.05, 4.69) is 9.97 Å². The third-order valence-electron chi connectivity index (χ3n) is 4.82. The fourth-order valence-corrected chi connectivity index (χ4v) is 3.16. The topological polar surface area (TPSA) is 63.5 Å². The Hall–Kier alpha value is -2.62. The van der Waals surface area contributed by atoms with Gasteiger partial charge in [-0.1, -0.05) is 0 Å². The molecule has 0 aliphatic carbocycles. The largest absolute Gasteiger partial charge is 0.417 e. The molecular formula is C18H22F3N5O2. The average Bonchev–Trinajstić information content (AvgIpc) is 3.01. The number of methoxy groups -OCH3 is 1. The van der Waals surface area contributed by atoms with Gasteiger partial charge >= 0.3 is 6.18 Å². The lowest BCUT2D eigenvalue weighted by atomic mass is 10.1. The van der Waals surface area contributed by atoms with Gasteiger partial charge in [0, 0.05) is 52.6 Å². The molecule has 0 unspecified atom stereocenters. The highest BCUT2D eigenvalue weighted by atomic mass is 19.4. The van der Waals surface area contributed by atoms with Crippen molar-refractivity contribution in [3.63, 3.8) is 0 Å². The summed E-state index contributed by atoms with van der Waals surface area (Å²) in [6, 6.07) is 2.39. The zero-order valence-electron chi connectivity index (χ0n) is 16.0. The van der Waals surface area contributed by atoms with Crippen molar-refractivity contribution in [2.75, 3.05) is 38.8 Å². The number of ether oxygens (including phenoxy) is 1. The van der Waals surface area contributed by atoms with E-state index < -0.39 is 11.7 Å². The van der Waals surface area contributed by atoms with Gasteiger partial charge < -0.3 is 19.1 Å². The number of imidazole rings is 1. The summed E-state index contributed by atoms with van der Waals surface area (Å²) in [5, 5.41) is 0. The number of nitrogens with zero attached hydrogens (tertiary/aromatic N) is 5. The normalized spacial score (nSPS) is 14.1. The van der Waals surface area contributed by atoms with Crippen molar-refractivity contribution >= 4 is 11.7 Å². The molecule has 0 spiro atoms. The molecule has 1 amide bonds. The molecule has 1 aliphatic rings. The number of aromatic nitrogens is 3. The number of amides is 1. The van der Waals surface area contributed by atoms with Crippen molar-refractivity contribution in [2.24, 2.45) is 7.05 Å². The first-order chi connectivity index (χ1) is 13.2. The third-order valence-corrected chi connectivity index (χ3v) is 4.82. The summed E-state index contributed by atoms with van der Waals surface area (Å²) in [4.78, 5) is 24.5. The summed E-state index contributed by atoms with van der Waals surface area (Å²) in [6.07, 6.45) is -2.95. The van der Waals surface area contributed by atoms with E-state index in [-0.39, 0.29) is 5.91 Å². The van der Waals surface area contributed by atoms with Gasteiger partial charge in [0.15, 0.2) is 5.82 Å². The van der Waals surface area contributed by atoms with Crippen molar-refractivity contribution < 1.29 is 22.7 Å². The average molecular weight is 397 g/mol. The number of fused-ring (bicyclic) bond motifs is 1. The number of hydrogen-bond acceptors (Lipinski definition) is 5. The number of rotatable bonds is 5. The lowest BCUT2D eigenvalue weighted by Gasteiger charge is -2.27. The smallest absolute Gasteiger partial charge is 0.383 e. The Balaban J connectivity index is 1.77. The minimum Gasteiger partial charge on any atom is -0.383 e. The maximum absolute atomic E-state index is 12.7. The molecule has 0 saturated heterocycles. The molecule has 3 rings (SSSR count). The quantitative estimate of drug-likeness (QED) is 0.773. The van der Waals surface area contributed by atoms with Gasteiger partial charge in [-0.25, -0.2) is 9.97 Å². The number of likely N-dealkylation sites (N-methyl/N-ethyl adjacent to an activating group) is 1. The summed E-state index contributed by atoms with van der Waals surface area (Å²) >= 11 is 0. The van der Waals surface area contributed by atoms with Crippen LogP contribution < -0.4 is 4.90 Å². The van der Waals surface area contributed by atoms with Crippen molar-refractivity contribution in [3.05, 3.63) is 41.1 Å². The Labute approximate surface area is 160 Å².